The van der Waals surface area contributed by atoms with Crippen molar-refractivity contribution in [3.8, 4) is 0 Å². The molecule has 0 saturated heterocycles. The smallest absolute Gasteiger partial charge is 0.0631 e. The van der Waals surface area contributed by atoms with E-state index in [2.05, 4.69) is 0 Å². The van der Waals surface area contributed by atoms with Crippen molar-refractivity contribution < 1.29 is 20.4 Å². The number of rotatable bonds is 10. The molecular weight excluding hydrogens is 240 g/mol. The van der Waals surface area contributed by atoms with Crippen LogP contribution >= 0.6 is 11.8 Å². The Kier molecular flexibility index (Phi) is 10.3. The van der Waals surface area contributed by atoms with Crippen LogP contribution in [0.4, 0.5) is 0 Å². The molecule has 0 aliphatic heterocycles. The first-order chi connectivity index (χ1) is 7.91. The molecule has 0 saturated carbocycles. The van der Waals surface area contributed by atoms with E-state index in [0.717, 1.165) is 0 Å². The predicted octanol–water partition coefficient (Wildman–Crippen LogP) is 0.763. The van der Waals surface area contributed by atoms with Gasteiger partial charge in [0.2, 0.25) is 0 Å². The summed E-state index contributed by atoms with van der Waals surface area (Å²) in [6.07, 6.45) is 0.816. The van der Waals surface area contributed by atoms with Crippen molar-refractivity contribution in [2.45, 2.75) is 63.9 Å². The minimum absolute atomic E-state index is 0.369. The number of thioether (sulfide) groups is 1. The molecule has 0 aliphatic carbocycles. The maximum absolute atomic E-state index is 9.58. The van der Waals surface area contributed by atoms with Crippen LogP contribution in [-0.2, 0) is 0 Å². The lowest BCUT2D eigenvalue weighted by Crippen LogP contribution is -2.17. The second kappa shape index (κ2) is 10.1. The summed E-state index contributed by atoms with van der Waals surface area (Å²) in [5.41, 5.74) is 0. The Labute approximate surface area is 108 Å². The summed E-state index contributed by atoms with van der Waals surface area (Å²) in [7, 11) is 0. The Morgan fingerprint density at radius 3 is 1.35 bits per heavy atom. The summed E-state index contributed by atoms with van der Waals surface area (Å²) < 4.78 is 0. The molecule has 0 aliphatic rings. The van der Waals surface area contributed by atoms with Crippen molar-refractivity contribution in [1.82, 2.24) is 0 Å². The summed E-state index contributed by atoms with van der Waals surface area (Å²) in [6, 6.07) is 0. The summed E-state index contributed by atoms with van der Waals surface area (Å²) in [4.78, 5) is 0. The molecule has 104 valence electrons. The average molecular weight is 266 g/mol. The lowest BCUT2D eigenvalue weighted by molar-refractivity contribution is 0.133. The fourth-order valence-electron chi connectivity index (χ4n) is 1.37. The van der Waals surface area contributed by atoms with E-state index in [9.17, 15) is 10.2 Å². The molecule has 5 heteroatoms. The van der Waals surface area contributed by atoms with Gasteiger partial charge in [0.1, 0.15) is 0 Å². The monoisotopic (exact) mass is 266 g/mol. The Morgan fingerprint density at radius 1 is 0.706 bits per heavy atom. The molecule has 4 atom stereocenters. The quantitative estimate of drug-likeness (QED) is 0.469. The first-order valence-electron chi connectivity index (χ1n) is 6.21. The number of hydrogen-bond acceptors (Lipinski definition) is 5. The van der Waals surface area contributed by atoms with Crippen molar-refractivity contribution >= 4 is 11.8 Å². The largest absolute Gasteiger partial charge is 0.393 e. The predicted molar refractivity (Wildman–Crippen MR) is 71.2 cm³/mol. The molecule has 0 amide bonds. The van der Waals surface area contributed by atoms with Crippen LogP contribution in [0.5, 0.6) is 0 Å². The summed E-state index contributed by atoms with van der Waals surface area (Å²) in [6.45, 7) is 3.42. The molecule has 4 nitrogen and oxygen atoms in total. The highest BCUT2D eigenvalue weighted by atomic mass is 32.2. The third-order valence-corrected chi connectivity index (χ3v) is 3.70. The molecule has 0 aromatic rings. The summed E-state index contributed by atoms with van der Waals surface area (Å²) in [5.74, 6) is 1.16. The van der Waals surface area contributed by atoms with Crippen LogP contribution in [0.1, 0.15) is 39.5 Å². The van der Waals surface area contributed by atoms with E-state index in [-0.39, 0.29) is 12.2 Å². The van der Waals surface area contributed by atoms with Crippen molar-refractivity contribution in [2.24, 2.45) is 0 Å². The molecule has 4 unspecified atom stereocenters. The molecular formula is C12H26O4S. The molecule has 4 N–H and O–H groups in total. The molecule has 0 rings (SSSR count). The standard InChI is InChI=1S/C12H26O4S/c1-9(13)3-5-11(15)7-17-8-12(16)6-4-10(2)14/h9-16H,3-8H2,1-2H3. The molecule has 0 heterocycles. The van der Waals surface area contributed by atoms with E-state index in [1.807, 2.05) is 0 Å². The highest BCUT2D eigenvalue weighted by Crippen LogP contribution is 2.12. The number of hydrogen-bond donors (Lipinski definition) is 4. The van der Waals surface area contributed by atoms with Gasteiger partial charge in [-0.3, -0.25) is 0 Å². The van der Waals surface area contributed by atoms with Crippen LogP contribution in [0, 0.1) is 0 Å². The fourth-order valence-corrected chi connectivity index (χ4v) is 2.39. The zero-order chi connectivity index (χ0) is 13.3. The van der Waals surface area contributed by atoms with E-state index in [1.54, 1.807) is 13.8 Å². The van der Waals surface area contributed by atoms with Crippen LogP contribution in [0.25, 0.3) is 0 Å². The number of aliphatic hydroxyl groups excluding tert-OH is 4. The van der Waals surface area contributed by atoms with Crippen LogP contribution in [-0.4, -0.2) is 56.3 Å². The van der Waals surface area contributed by atoms with Crippen molar-refractivity contribution in [2.75, 3.05) is 11.5 Å². The Bertz CT molecular complexity index is 158. The van der Waals surface area contributed by atoms with Gasteiger partial charge in [-0.25, -0.2) is 0 Å². The van der Waals surface area contributed by atoms with Gasteiger partial charge in [0, 0.05) is 11.5 Å². The normalized spacial score (nSPS) is 18.7. The SMILES string of the molecule is CC(O)CCC(O)CSCC(O)CCC(C)O. The lowest BCUT2D eigenvalue weighted by atomic mass is 10.1. The lowest BCUT2D eigenvalue weighted by Gasteiger charge is -2.14. The highest BCUT2D eigenvalue weighted by molar-refractivity contribution is 7.99. The highest BCUT2D eigenvalue weighted by Gasteiger charge is 2.10. The van der Waals surface area contributed by atoms with Gasteiger partial charge in [-0.1, -0.05) is 0 Å². The van der Waals surface area contributed by atoms with Crippen LogP contribution in [0.3, 0.4) is 0 Å². The minimum atomic E-state index is -0.418. The van der Waals surface area contributed by atoms with E-state index in [0.29, 0.717) is 37.2 Å². The van der Waals surface area contributed by atoms with Gasteiger partial charge >= 0.3 is 0 Å². The zero-order valence-corrected chi connectivity index (χ0v) is 11.6. The van der Waals surface area contributed by atoms with Crippen LogP contribution < -0.4 is 0 Å². The van der Waals surface area contributed by atoms with Gasteiger partial charge in [0.05, 0.1) is 24.4 Å². The summed E-state index contributed by atoms with van der Waals surface area (Å²) in [5, 5.41) is 37.3. The van der Waals surface area contributed by atoms with Crippen LogP contribution in [0.2, 0.25) is 0 Å². The van der Waals surface area contributed by atoms with Gasteiger partial charge in [0.15, 0.2) is 0 Å². The fraction of sp³-hybridized carbons (Fsp3) is 1.00. The van der Waals surface area contributed by atoms with Gasteiger partial charge in [0.25, 0.3) is 0 Å². The van der Waals surface area contributed by atoms with Crippen molar-refractivity contribution in [1.29, 1.82) is 0 Å². The second-order valence-corrected chi connectivity index (χ2v) is 5.77. The van der Waals surface area contributed by atoms with Gasteiger partial charge in [-0.15, -0.1) is 0 Å². The minimum Gasteiger partial charge on any atom is -0.393 e. The molecule has 0 spiro atoms. The molecule has 0 radical (unpaired) electrons. The van der Waals surface area contributed by atoms with Gasteiger partial charge < -0.3 is 20.4 Å². The Morgan fingerprint density at radius 2 is 1.06 bits per heavy atom. The van der Waals surface area contributed by atoms with Gasteiger partial charge in [-0.05, 0) is 39.5 Å². The molecule has 0 fully saturated rings. The Hall–Kier alpha value is 0.190. The maximum atomic E-state index is 9.58. The van der Waals surface area contributed by atoms with E-state index >= 15 is 0 Å². The maximum Gasteiger partial charge on any atom is 0.0631 e. The zero-order valence-electron chi connectivity index (χ0n) is 10.7. The first kappa shape index (κ1) is 17.2. The first-order valence-corrected chi connectivity index (χ1v) is 7.37. The Balaban J connectivity index is 3.42. The third-order valence-electron chi connectivity index (χ3n) is 2.46. The molecule has 0 aromatic carbocycles. The van der Waals surface area contributed by atoms with Crippen LogP contribution in [0.15, 0.2) is 0 Å². The second-order valence-electron chi connectivity index (χ2n) is 4.70. The van der Waals surface area contributed by atoms with Crippen molar-refractivity contribution in [3.05, 3.63) is 0 Å². The number of aliphatic hydroxyl groups is 4. The molecule has 0 aromatic heterocycles. The summed E-state index contributed by atoms with van der Waals surface area (Å²) >= 11 is 1.51. The van der Waals surface area contributed by atoms with E-state index in [4.69, 9.17) is 10.2 Å². The third kappa shape index (κ3) is 12.4. The van der Waals surface area contributed by atoms with E-state index in [1.165, 1.54) is 11.8 Å². The average Bonchev–Trinajstić information content (AvgIpc) is 2.23. The van der Waals surface area contributed by atoms with Gasteiger partial charge in [-0.2, -0.15) is 11.8 Å². The van der Waals surface area contributed by atoms with E-state index < -0.39 is 12.2 Å². The molecule has 0 bridgehead atoms. The molecule has 17 heavy (non-hydrogen) atoms. The van der Waals surface area contributed by atoms with Crippen molar-refractivity contribution in [3.63, 3.8) is 0 Å². The topological polar surface area (TPSA) is 80.9 Å².